The van der Waals surface area contributed by atoms with Gasteiger partial charge in [-0.1, -0.05) is 18.5 Å². The molecular formula is C15H22ClFN2. The summed E-state index contributed by atoms with van der Waals surface area (Å²) in [6.45, 7) is 5.67. The number of hydrogen-bond acceptors (Lipinski definition) is 2. The maximum atomic E-state index is 13.2. The van der Waals surface area contributed by atoms with Crippen LogP contribution in [0.2, 0.25) is 5.02 Å². The van der Waals surface area contributed by atoms with Crippen molar-refractivity contribution >= 4 is 17.3 Å². The lowest BCUT2D eigenvalue weighted by Crippen LogP contribution is -2.27. The Labute approximate surface area is 119 Å². The van der Waals surface area contributed by atoms with Crippen LogP contribution in [0.4, 0.5) is 10.1 Å². The second kappa shape index (κ2) is 7.11. The standard InChI is InChI=1S/C15H22ClFN2/c1-2-8-19-9-3-4-13(7-10-19)18-15-11-12(17)5-6-14(15)16/h5-6,11,13,18H,2-4,7-10H2,1H3. The molecule has 0 spiro atoms. The van der Waals surface area contributed by atoms with E-state index in [4.69, 9.17) is 11.6 Å². The van der Waals surface area contributed by atoms with Crippen LogP contribution in [0.5, 0.6) is 0 Å². The smallest absolute Gasteiger partial charge is 0.125 e. The first kappa shape index (κ1) is 14.6. The maximum Gasteiger partial charge on any atom is 0.125 e. The Bertz CT molecular complexity index is 411. The molecule has 1 unspecified atom stereocenters. The van der Waals surface area contributed by atoms with Crippen molar-refractivity contribution in [3.8, 4) is 0 Å². The van der Waals surface area contributed by atoms with Crippen LogP contribution in [0.25, 0.3) is 0 Å². The molecule has 4 heteroatoms. The highest BCUT2D eigenvalue weighted by Crippen LogP contribution is 2.25. The van der Waals surface area contributed by atoms with Crippen molar-refractivity contribution in [1.29, 1.82) is 0 Å². The monoisotopic (exact) mass is 284 g/mol. The van der Waals surface area contributed by atoms with Gasteiger partial charge in [0.15, 0.2) is 0 Å². The predicted molar refractivity (Wildman–Crippen MR) is 79.4 cm³/mol. The Morgan fingerprint density at radius 3 is 3.00 bits per heavy atom. The molecule has 2 nitrogen and oxygen atoms in total. The van der Waals surface area contributed by atoms with E-state index in [0.29, 0.717) is 11.1 Å². The highest BCUT2D eigenvalue weighted by molar-refractivity contribution is 6.33. The summed E-state index contributed by atoms with van der Waals surface area (Å²) in [5.41, 5.74) is 0.718. The third-order valence-corrected chi connectivity index (χ3v) is 3.98. The van der Waals surface area contributed by atoms with E-state index >= 15 is 0 Å². The average molecular weight is 285 g/mol. The Morgan fingerprint density at radius 2 is 2.21 bits per heavy atom. The highest BCUT2D eigenvalue weighted by atomic mass is 35.5. The normalized spacial score (nSPS) is 21.1. The number of halogens is 2. The van der Waals surface area contributed by atoms with Crippen molar-refractivity contribution in [3.63, 3.8) is 0 Å². The molecule has 1 N–H and O–H groups in total. The maximum absolute atomic E-state index is 13.2. The lowest BCUT2D eigenvalue weighted by Gasteiger charge is -2.20. The predicted octanol–water partition coefficient (Wildman–Crippen LogP) is 4.16. The minimum Gasteiger partial charge on any atom is -0.381 e. The van der Waals surface area contributed by atoms with Crippen molar-refractivity contribution < 1.29 is 4.39 Å². The molecule has 0 saturated carbocycles. The van der Waals surface area contributed by atoms with Crippen LogP contribution in [0.1, 0.15) is 32.6 Å². The number of anilines is 1. The average Bonchev–Trinajstić information content (AvgIpc) is 2.60. The molecule has 1 fully saturated rings. The summed E-state index contributed by atoms with van der Waals surface area (Å²) in [7, 11) is 0. The van der Waals surface area contributed by atoms with Gasteiger partial charge >= 0.3 is 0 Å². The van der Waals surface area contributed by atoms with E-state index in [2.05, 4.69) is 17.1 Å². The molecule has 0 aliphatic carbocycles. The first-order valence-electron chi connectivity index (χ1n) is 7.13. The fourth-order valence-corrected chi connectivity index (χ4v) is 2.84. The number of benzene rings is 1. The number of nitrogens with zero attached hydrogens (tertiary/aromatic N) is 1. The van der Waals surface area contributed by atoms with Crippen LogP contribution in [0.3, 0.4) is 0 Å². The van der Waals surface area contributed by atoms with Crippen LogP contribution in [-0.2, 0) is 0 Å². The zero-order valence-corrected chi connectivity index (χ0v) is 12.2. The van der Waals surface area contributed by atoms with Crippen LogP contribution < -0.4 is 5.32 Å². The van der Waals surface area contributed by atoms with Gasteiger partial charge in [-0.2, -0.15) is 0 Å². The van der Waals surface area contributed by atoms with Gasteiger partial charge < -0.3 is 10.2 Å². The van der Waals surface area contributed by atoms with Crippen LogP contribution in [-0.4, -0.2) is 30.6 Å². The molecule has 1 saturated heterocycles. The van der Waals surface area contributed by atoms with Crippen molar-refractivity contribution in [2.75, 3.05) is 25.0 Å². The third kappa shape index (κ3) is 4.36. The fraction of sp³-hybridized carbons (Fsp3) is 0.600. The molecule has 1 aromatic carbocycles. The van der Waals surface area contributed by atoms with Gasteiger partial charge in [-0.15, -0.1) is 0 Å². The second-order valence-electron chi connectivity index (χ2n) is 5.24. The van der Waals surface area contributed by atoms with E-state index in [1.807, 2.05) is 0 Å². The summed E-state index contributed by atoms with van der Waals surface area (Å²) in [5, 5.41) is 3.99. The molecular weight excluding hydrogens is 263 g/mol. The molecule has 1 heterocycles. The van der Waals surface area contributed by atoms with Crippen molar-refractivity contribution in [2.24, 2.45) is 0 Å². The van der Waals surface area contributed by atoms with Gasteiger partial charge in [-0.25, -0.2) is 4.39 Å². The van der Waals surface area contributed by atoms with E-state index in [1.165, 1.54) is 38.1 Å². The van der Waals surface area contributed by atoms with E-state index in [-0.39, 0.29) is 5.82 Å². The van der Waals surface area contributed by atoms with Gasteiger partial charge in [0.25, 0.3) is 0 Å². The zero-order valence-electron chi connectivity index (χ0n) is 11.5. The summed E-state index contributed by atoms with van der Waals surface area (Å²) in [6.07, 6.45) is 4.60. The zero-order chi connectivity index (χ0) is 13.7. The Balaban J connectivity index is 1.94. The first-order valence-corrected chi connectivity index (χ1v) is 7.50. The summed E-state index contributed by atoms with van der Waals surface area (Å²) in [6, 6.07) is 4.88. The van der Waals surface area contributed by atoms with Gasteiger partial charge in [0.2, 0.25) is 0 Å². The molecule has 1 aliphatic rings. The molecule has 2 rings (SSSR count). The van der Waals surface area contributed by atoms with Crippen LogP contribution >= 0.6 is 11.6 Å². The number of likely N-dealkylation sites (tertiary alicyclic amines) is 1. The van der Waals surface area contributed by atoms with Crippen LogP contribution in [0, 0.1) is 5.82 Å². The summed E-state index contributed by atoms with van der Waals surface area (Å²) in [4.78, 5) is 2.51. The molecule has 0 radical (unpaired) electrons. The lowest BCUT2D eigenvalue weighted by molar-refractivity contribution is 0.285. The fourth-order valence-electron chi connectivity index (χ4n) is 2.67. The second-order valence-corrected chi connectivity index (χ2v) is 5.65. The summed E-state index contributed by atoms with van der Waals surface area (Å²) < 4.78 is 13.2. The molecule has 0 amide bonds. The van der Waals surface area contributed by atoms with E-state index < -0.39 is 0 Å². The molecule has 0 aromatic heterocycles. The van der Waals surface area contributed by atoms with Crippen molar-refractivity contribution in [2.45, 2.75) is 38.6 Å². The molecule has 19 heavy (non-hydrogen) atoms. The number of hydrogen-bond donors (Lipinski definition) is 1. The molecule has 106 valence electrons. The molecule has 0 bridgehead atoms. The minimum absolute atomic E-state index is 0.242. The summed E-state index contributed by atoms with van der Waals surface area (Å²) >= 11 is 6.10. The van der Waals surface area contributed by atoms with Gasteiger partial charge in [-0.3, -0.25) is 0 Å². The molecule has 1 aromatic rings. The number of nitrogens with one attached hydrogen (secondary N) is 1. The molecule has 1 atom stereocenters. The van der Waals surface area contributed by atoms with Gasteiger partial charge in [-0.05, 0) is 57.0 Å². The van der Waals surface area contributed by atoms with Crippen molar-refractivity contribution in [3.05, 3.63) is 29.0 Å². The highest BCUT2D eigenvalue weighted by Gasteiger charge is 2.17. The largest absolute Gasteiger partial charge is 0.381 e. The quantitative estimate of drug-likeness (QED) is 0.893. The van der Waals surface area contributed by atoms with Crippen LogP contribution in [0.15, 0.2) is 18.2 Å². The summed E-state index contributed by atoms with van der Waals surface area (Å²) in [5.74, 6) is -0.242. The SMILES string of the molecule is CCCN1CCCC(Nc2cc(F)ccc2Cl)CC1. The van der Waals surface area contributed by atoms with Gasteiger partial charge in [0, 0.05) is 12.6 Å². The van der Waals surface area contributed by atoms with Gasteiger partial charge in [0.05, 0.1) is 10.7 Å². The van der Waals surface area contributed by atoms with E-state index in [1.54, 1.807) is 6.07 Å². The van der Waals surface area contributed by atoms with E-state index in [0.717, 1.165) is 25.1 Å². The Kier molecular flexibility index (Phi) is 5.46. The topological polar surface area (TPSA) is 15.3 Å². The minimum atomic E-state index is -0.242. The molecule has 1 aliphatic heterocycles. The first-order chi connectivity index (χ1) is 9.19. The Morgan fingerprint density at radius 1 is 1.37 bits per heavy atom. The van der Waals surface area contributed by atoms with E-state index in [9.17, 15) is 4.39 Å². The lowest BCUT2D eigenvalue weighted by atomic mass is 10.1. The Hall–Kier alpha value is -0.800. The number of rotatable bonds is 4. The van der Waals surface area contributed by atoms with Crippen molar-refractivity contribution in [1.82, 2.24) is 4.90 Å². The van der Waals surface area contributed by atoms with Gasteiger partial charge in [0.1, 0.15) is 5.82 Å². The third-order valence-electron chi connectivity index (χ3n) is 3.65.